The van der Waals surface area contributed by atoms with Crippen LogP contribution < -0.4 is 15.5 Å². The van der Waals surface area contributed by atoms with E-state index in [1.165, 1.54) is 24.9 Å². The molecule has 2 aromatic heterocycles. The van der Waals surface area contributed by atoms with Gasteiger partial charge in [-0.25, -0.2) is 4.98 Å². The van der Waals surface area contributed by atoms with Gasteiger partial charge < -0.3 is 15.5 Å². The third-order valence-corrected chi connectivity index (χ3v) is 5.09. The maximum Gasteiger partial charge on any atom is 0.253 e. The Labute approximate surface area is 171 Å². The van der Waals surface area contributed by atoms with Crippen molar-refractivity contribution in [3.63, 3.8) is 0 Å². The number of hydrogen-bond donors (Lipinski definition) is 2. The highest BCUT2D eigenvalue weighted by Gasteiger charge is 2.11. The second-order valence-electron chi connectivity index (χ2n) is 7.19. The fraction of sp³-hybridized carbons (Fsp3) is 0.261. The first kappa shape index (κ1) is 18.9. The van der Waals surface area contributed by atoms with Crippen molar-refractivity contribution in [2.45, 2.75) is 25.8 Å². The van der Waals surface area contributed by atoms with Crippen molar-refractivity contribution in [1.29, 1.82) is 0 Å². The quantitative estimate of drug-likeness (QED) is 0.665. The molecule has 2 N–H and O–H groups in total. The number of piperidine rings is 1. The molecule has 3 aromatic rings. The number of aromatic nitrogens is 2. The SMILES string of the molecule is O=C(NCc1ccncc1)c1ccc(Nc2ccc(N3CCCCC3)cc2)nc1. The first-order valence-corrected chi connectivity index (χ1v) is 10.0. The molecule has 0 radical (unpaired) electrons. The van der Waals surface area contributed by atoms with Gasteiger partial charge in [-0.05, 0) is 73.4 Å². The van der Waals surface area contributed by atoms with E-state index in [2.05, 4.69) is 49.8 Å². The maximum atomic E-state index is 12.3. The predicted octanol–water partition coefficient (Wildman–Crippen LogP) is 4.14. The van der Waals surface area contributed by atoms with Crippen molar-refractivity contribution in [3.8, 4) is 0 Å². The van der Waals surface area contributed by atoms with E-state index in [0.717, 1.165) is 24.3 Å². The number of rotatable bonds is 6. The van der Waals surface area contributed by atoms with Crippen LogP contribution in [-0.2, 0) is 6.54 Å². The van der Waals surface area contributed by atoms with Crippen LogP contribution in [0.25, 0.3) is 0 Å². The third-order valence-electron chi connectivity index (χ3n) is 5.09. The van der Waals surface area contributed by atoms with Gasteiger partial charge in [0.1, 0.15) is 5.82 Å². The summed E-state index contributed by atoms with van der Waals surface area (Å²) >= 11 is 0. The standard InChI is InChI=1S/C23H25N5O/c29-23(26-16-18-10-12-24-13-11-18)19-4-9-22(25-17-19)27-20-5-7-21(8-6-20)28-14-2-1-3-15-28/h4-13,17H,1-3,14-16H2,(H,25,27)(H,26,29). The lowest BCUT2D eigenvalue weighted by Crippen LogP contribution is -2.29. The monoisotopic (exact) mass is 387 g/mol. The smallest absolute Gasteiger partial charge is 0.253 e. The van der Waals surface area contributed by atoms with Crippen LogP contribution in [0.3, 0.4) is 0 Å². The summed E-state index contributed by atoms with van der Waals surface area (Å²) in [7, 11) is 0. The lowest BCUT2D eigenvalue weighted by Gasteiger charge is -2.28. The van der Waals surface area contributed by atoms with Crippen molar-refractivity contribution < 1.29 is 4.79 Å². The Morgan fingerprint density at radius 3 is 2.38 bits per heavy atom. The Balaban J connectivity index is 1.32. The molecule has 0 aliphatic carbocycles. The highest BCUT2D eigenvalue weighted by atomic mass is 16.1. The average Bonchev–Trinajstić information content (AvgIpc) is 2.80. The van der Waals surface area contributed by atoms with Gasteiger partial charge in [-0.1, -0.05) is 0 Å². The van der Waals surface area contributed by atoms with Gasteiger partial charge in [0.05, 0.1) is 5.56 Å². The number of nitrogens with one attached hydrogen (secondary N) is 2. The fourth-order valence-corrected chi connectivity index (χ4v) is 3.44. The molecule has 0 spiro atoms. The minimum Gasteiger partial charge on any atom is -0.372 e. The third kappa shape index (κ3) is 5.10. The molecular formula is C23H25N5O. The van der Waals surface area contributed by atoms with Crippen molar-refractivity contribution in [3.05, 3.63) is 78.2 Å². The summed E-state index contributed by atoms with van der Waals surface area (Å²) in [6.45, 7) is 2.74. The van der Waals surface area contributed by atoms with E-state index >= 15 is 0 Å². The zero-order valence-electron chi connectivity index (χ0n) is 16.3. The molecule has 29 heavy (non-hydrogen) atoms. The van der Waals surface area contributed by atoms with Crippen LogP contribution in [0.1, 0.15) is 35.2 Å². The molecule has 6 nitrogen and oxygen atoms in total. The summed E-state index contributed by atoms with van der Waals surface area (Å²) in [5, 5.41) is 6.18. The first-order chi connectivity index (χ1) is 14.3. The van der Waals surface area contributed by atoms with Gasteiger partial charge in [-0.3, -0.25) is 9.78 Å². The number of benzene rings is 1. The minimum absolute atomic E-state index is 0.147. The number of hydrogen-bond acceptors (Lipinski definition) is 5. The number of nitrogens with zero attached hydrogens (tertiary/aromatic N) is 3. The lowest BCUT2D eigenvalue weighted by molar-refractivity contribution is 0.0950. The molecule has 1 fully saturated rings. The molecule has 1 amide bonds. The number of amides is 1. The van der Waals surface area contributed by atoms with Gasteiger partial charge in [-0.2, -0.15) is 0 Å². The molecule has 0 atom stereocenters. The number of carbonyl (C=O) groups excluding carboxylic acids is 1. The van der Waals surface area contributed by atoms with E-state index in [1.54, 1.807) is 24.7 Å². The van der Waals surface area contributed by atoms with Crippen LogP contribution in [0.5, 0.6) is 0 Å². The summed E-state index contributed by atoms with van der Waals surface area (Å²) < 4.78 is 0. The minimum atomic E-state index is -0.147. The Bertz CT molecular complexity index is 920. The van der Waals surface area contributed by atoms with Crippen LogP contribution in [0.15, 0.2) is 67.1 Å². The molecule has 0 saturated carbocycles. The molecular weight excluding hydrogens is 362 g/mol. The van der Waals surface area contributed by atoms with Crippen LogP contribution in [0.2, 0.25) is 0 Å². The molecule has 6 heteroatoms. The summed E-state index contributed by atoms with van der Waals surface area (Å²) in [4.78, 5) is 23.1. The predicted molar refractivity (Wildman–Crippen MR) is 115 cm³/mol. The highest BCUT2D eigenvalue weighted by Crippen LogP contribution is 2.23. The van der Waals surface area contributed by atoms with Crippen molar-refractivity contribution >= 4 is 23.1 Å². The van der Waals surface area contributed by atoms with E-state index < -0.39 is 0 Å². The molecule has 1 aromatic carbocycles. The number of anilines is 3. The normalized spacial score (nSPS) is 13.7. The first-order valence-electron chi connectivity index (χ1n) is 10.0. The molecule has 0 unspecified atom stereocenters. The number of pyridine rings is 2. The van der Waals surface area contributed by atoms with Gasteiger partial charge in [0.2, 0.25) is 0 Å². The van der Waals surface area contributed by atoms with Crippen LogP contribution in [0, 0.1) is 0 Å². The fourth-order valence-electron chi connectivity index (χ4n) is 3.44. The second-order valence-corrected chi connectivity index (χ2v) is 7.19. The zero-order chi connectivity index (χ0) is 19.9. The van der Waals surface area contributed by atoms with Crippen LogP contribution in [0.4, 0.5) is 17.2 Å². The van der Waals surface area contributed by atoms with E-state index in [1.807, 2.05) is 18.2 Å². The average molecular weight is 387 g/mol. The van der Waals surface area contributed by atoms with Crippen molar-refractivity contribution in [2.24, 2.45) is 0 Å². The van der Waals surface area contributed by atoms with E-state index in [0.29, 0.717) is 17.9 Å². The highest BCUT2D eigenvalue weighted by molar-refractivity contribution is 5.94. The zero-order valence-corrected chi connectivity index (χ0v) is 16.3. The van der Waals surface area contributed by atoms with E-state index in [-0.39, 0.29) is 5.91 Å². The summed E-state index contributed by atoms with van der Waals surface area (Å²) in [6, 6.07) is 15.8. The summed E-state index contributed by atoms with van der Waals surface area (Å²) in [6.07, 6.45) is 8.88. The number of carbonyl (C=O) groups is 1. The Morgan fingerprint density at radius 1 is 0.931 bits per heavy atom. The summed E-state index contributed by atoms with van der Waals surface area (Å²) in [5.41, 5.74) is 3.79. The van der Waals surface area contributed by atoms with Gasteiger partial charge in [-0.15, -0.1) is 0 Å². The molecule has 4 rings (SSSR count). The van der Waals surface area contributed by atoms with E-state index in [4.69, 9.17) is 0 Å². The molecule has 1 aliphatic heterocycles. The Morgan fingerprint density at radius 2 is 1.69 bits per heavy atom. The maximum absolute atomic E-state index is 12.3. The van der Waals surface area contributed by atoms with Gasteiger partial charge in [0, 0.05) is 49.6 Å². The Hall–Kier alpha value is -3.41. The molecule has 1 aliphatic rings. The van der Waals surface area contributed by atoms with Gasteiger partial charge in [0.15, 0.2) is 0 Å². The van der Waals surface area contributed by atoms with Gasteiger partial charge >= 0.3 is 0 Å². The van der Waals surface area contributed by atoms with Crippen molar-refractivity contribution in [2.75, 3.05) is 23.3 Å². The van der Waals surface area contributed by atoms with Crippen LogP contribution >= 0.6 is 0 Å². The lowest BCUT2D eigenvalue weighted by atomic mass is 10.1. The largest absolute Gasteiger partial charge is 0.372 e. The van der Waals surface area contributed by atoms with Crippen LogP contribution in [-0.4, -0.2) is 29.0 Å². The van der Waals surface area contributed by atoms with Crippen molar-refractivity contribution in [1.82, 2.24) is 15.3 Å². The molecule has 1 saturated heterocycles. The second kappa shape index (κ2) is 9.19. The summed E-state index contributed by atoms with van der Waals surface area (Å²) in [5.74, 6) is 0.563. The molecule has 0 bridgehead atoms. The molecule has 148 valence electrons. The van der Waals surface area contributed by atoms with E-state index in [9.17, 15) is 4.79 Å². The molecule has 3 heterocycles. The van der Waals surface area contributed by atoms with Gasteiger partial charge in [0.25, 0.3) is 5.91 Å². The topological polar surface area (TPSA) is 70.2 Å². The Kier molecular flexibility index (Phi) is 6.00.